The summed E-state index contributed by atoms with van der Waals surface area (Å²) in [4.78, 5) is 18.0. The molecule has 1 amide bonds. The molecule has 0 saturated carbocycles. The van der Waals surface area contributed by atoms with Crippen LogP contribution in [0.15, 0.2) is 12.3 Å². The van der Waals surface area contributed by atoms with E-state index >= 15 is 0 Å². The van der Waals surface area contributed by atoms with Crippen molar-refractivity contribution in [2.24, 2.45) is 5.92 Å². The van der Waals surface area contributed by atoms with E-state index < -0.39 is 0 Å². The molecule has 92 valence electrons. The molecule has 0 radical (unpaired) electrons. The van der Waals surface area contributed by atoms with Gasteiger partial charge in [0, 0.05) is 25.7 Å². The Bertz CT molecular complexity index is 431. The summed E-state index contributed by atoms with van der Waals surface area (Å²) in [6.45, 7) is 5.60. The van der Waals surface area contributed by atoms with Gasteiger partial charge in [-0.15, -0.1) is 0 Å². The van der Waals surface area contributed by atoms with E-state index in [1.54, 1.807) is 6.20 Å². The molecular weight excluding hydrogens is 236 g/mol. The molecule has 1 aliphatic heterocycles. The van der Waals surface area contributed by atoms with E-state index in [0.717, 1.165) is 18.5 Å². The van der Waals surface area contributed by atoms with Crippen molar-refractivity contribution in [2.45, 2.75) is 33.2 Å². The number of carbonyl (C=O) groups is 1. The Kier molecular flexibility index (Phi) is 3.67. The summed E-state index contributed by atoms with van der Waals surface area (Å²) in [5.74, 6) is 0.646. The van der Waals surface area contributed by atoms with E-state index in [2.05, 4.69) is 18.8 Å². The van der Waals surface area contributed by atoms with Gasteiger partial charge in [-0.05, 0) is 29.5 Å². The third-order valence-electron chi connectivity index (χ3n) is 3.00. The van der Waals surface area contributed by atoms with Crippen LogP contribution in [0.25, 0.3) is 0 Å². The molecule has 0 N–H and O–H groups in total. The molecule has 0 aromatic carbocycles. The Morgan fingerprint density at radius 2 is 2.29 bits per heavy atom. The minimum Gasteiger partial charge on any atom is -0.338 e. The highest BCUT2D eigenvalue weighted by Gasteiger charge is 2.21. The number of nitrogens with zero attached hydrogens (tertiary/aromatic N) is 2. The number of amides is 1. The molecule has 0 bridgehead atoms. The molecular formula is C13H17ClN2O. The lowest BCUT2D eigenvalue weighted by molar-refractivity contribution is -0.132. The van der Waals surface area contributed by atoms with E-state index in [0.29, 0.717) is 24.0 Å². The molecule has 0 spiro atoms. The van der Waals surface area contributed by atoms with Crippen molar-refractivity contribution in [1.82, 2.24) is 9.88 Å². The van der Waals surface area contributed by atoms with Gasteiger partial charge in [-0.2, -0.15) is 0 Å². The molecule has 1 aromatic rings. The van der Waals surface area contributed by atoms with Crippen molar-refractivity contribution in [1.29, 1.82) is 0 Å². The van der Waals surface area contributed by atoms with Crippen molar-refractivity contribution in [3.63, 3.8) is 0 Å². The smallest absolute Gasteiger partial charge is 0.223 e. The Hall–Kier alpha value is -1.09. The zero-order valence-electron chi connectivity index (χ0n) is 10.2. The summed E-state index contributed by atoms with van der Waals surface area (Å²) >= 11 is 5.85. The third-order valence-corrected chi connectivity index (χ3v) is 3.20. The number of halogens is 1. The molecule has 4 heteroatoms. The second-order valence-electron chi connectivity index (χ2n) is 4.94. The van der Waals surface area contributed by atoms with E-state index in [9.17, 15) is 4.79 Å². The zero-order chi connectivity index (χ0) is 12.4. The fourth-order valence-electron chi connectivity index (χ4n) is 2.10. The lowest BCUT2D eigenvalue weighted by Crippen LogP contribution is -2.36. The standard InChI is InChI=1S/C13H17ClN2O/c1-9(2)5-13(17)16-4-3-10-6-12(14)15-7-11(10)8-16/h6-7,9H,3-5,8H2,1-2H3. The van der Waals surface area contributed by atoms with Gasteiger partial charge < -0.3 is 4.90 Å². The minimum absolute atomic E-state index is 0.237. The van der Waals surface area contributed by atoms with E-state index in [-0.39, 0.29) is 5.91 Å². The van der Waals surface area contributed by atoms with Gasteiger partial charge in [0.05, 0.1) is 0 Å². The molecule has 0 saturated heterocycles. The molecule has 0 unspecified atom stereocenters. The third kappa shape index (κ3) is 2.97. The van der Waals surface area contributed by atoms with E-state index in [1.807, 2.05) is 11.0 Å². The quantitative estimate of drug-likeness (QED) is 0.759. The number of rotatable bonds is 2. The zero-order valence-corrected chi connectivity index (χ0v) is 11.0. The fourth-order valence-corrected chi connectivity index (χ4v) is 2.28. The van der Waals surface area contributed by atoms with Gasteiger partial charge in [0.2, 0.25) is 5.91 Å². The number of fused-ring (bicyclic) bond motifs is 1. The summed E-state index contributed by atoms with van der Waals surface area (Å²) in [6.07, 6.45) is 3.28. The largest absolute Gasteiger partial charge is 0.338 e. The lowest BCUT2D eigenvalue weighted by atomic mass is 10.0. The maximum atomic E-state index is 12.0. The molecule has 3 nitrogen and oxygen atoms in total. The van der Waals surface area contributed by atoms with Crippen molar-refractivity contribution in [3.05, 3.63) is 28.5 Å². The normalized spacial score (nSPS) is 14.9. The van der Waals surface area contributed by atoms with Gasteiger partial charge in [-0.1, -0.05) is 25.4 Å². The summed E-state index contributed by atoms with van der Waals surface area (Å²) in [5.41, 5.74) is 2.34. The van der Waals surface area contributed by atoms with Crippen LogP contribution in [-0.4, -0.2) is 22.3 Å². The van der Waals surface area contributed by atoms with Gasteiger partial charge >= 0.3 is 0 Å². The first-order chi connectivity index (χ1) is 8.06. The second-order valence-corrected chi connectivity index (χ2v) is 5.33. The SMILES string of the molecule is CC(C)CC(=O)N1CCc2cc(Cl)ncc2C1. The highest BCUT2D eigenvalue weighted by atomic mass is 35.5. The van der Waals surface area contributed by atoms with Gasteiger partial charge in [-0.3, -0.25) is 4.79 Å². The maximum absolute atomic E-state index is 12.0. The summed E-state index contributed by atoms with van der Waals surface area (Å²) in [6, 6.07) is 1.90. The predicted molar refractivity (Wildman–Crippen MR) is 67.8 cm³/mol. The Labute approximate surface area is 107 Å². The molecule has 0 fully saturated rings. The van der Waals surface area contributed by atoms with Crippen molar-refractivity contribution < 1.29 is 4.79 Å². The van der Waals surface area contributed by atoms with Crippen LogP contribution in [0.5, 0.6) is 0 Å². The van der Waals surface area contributed by atoms with Gasteiger partial charge in [0.25, 0.3) is 0 Å². The second kappa shape index (κ2) is 5.05. The molecule has 2 rings (SSSR count). The minimum atomic E-state index is 0.237. The molecule has 1 aromatic heterocycles. The van der Waals surface area contributed by atoms with E-state index in [1.165, 1.54) is 5.56 Å². The topological polar surface area (TPSA) is 33.2 Å². The monoisotopic (exact) mass is 252 g/mol. The first-order valence-electron chi connectivity index (χ1n) is 5.97. The molecule has 2 heterocycles. The summed E-state index contributed by atoms with van der Waals surface area (Å²) in [5, 5.41) is 0.533. The van der Waals surface area contributed by atoms with Crippen molar-refractivity contribution in [3.8, 4) is 0 Å². The van der Waals surface area contributed by atoms with Crippen LogP contribution >= 0.6 is 11.6 Å². The van der Waals surface area contributed by atoms with Crippen LogP contribution in [-0.2, 0) is 17.8 Å². The number of pyridine rings is 1. The van der Waals surface area contributed by atoms with Crippen LogP contribution in [0.2, 0.25) is 5.15 Å². The maximum Gasteiger partial charge on any atom is 0.223 e. The van der Waals surface area contributed by atoms with E-state index in [4.69, 9.17) is 11.6 Å². The van der Waals surface area contributed by atoms with Gasteiger partial charge in [0.1, 0.15) is 5.15 Å². The van der Waals surface area contributed by atoms with Gasteiger partial charge in [-0.25, -0.2) is 4.98 Å². The Balaban J connectivity index is 2.08. The summed E-state index contributed by atoms with van der Waals surface area (Å²) < 4.78 is 0. The predicted octanol–water partition coefficient (Wildman–Crippen LogP) is 2.67. The average Bonchev–Trinajstić information content (AvgIpc) is 2.27. The van der Waals surface area contributed by atoms with Gasteiger partial charge in [0.15, 0.2) is 0 Å². The molecule has 0 atom stereocenters. The van der Waals surface area contributed by atoms with Crippen molar-refractivity contribution in [2.75, 3.05) is 6.54 Å². The Morgan fingerprint density at radius 1 is 1.53 bits per heavy atom. The Morgan fingerprint density at radius 3 is 3.00 bits per heavy atom. The van der Waals surface area contributed by atoms with Crippen LogP contribution in [0.4, 0.5) is 0 Å². The van der Waals surface area contributed by atoms with Crippen LogP contribution < -0.4 is 0 Å². The molecule has 17 heavy (non-hydrogen) atoms. The fraction of sp³-hybridized carbons (Fsp3) is 0.538. The highest BCUT2D eigenvalue weighted by molar-refractivity contribution is 6.29. The summed E-state index contributed by atoms with van der Waals surface area (Å²) in [7, 11) is 0. The molecule has 0 aliphatic carbocycles. The highest BCUT2D eigenvalue weighted by Crippen LogP contribution is 2.21. The average molecular weight is 253 g/mol. The first-order valence-corrected chi connectivity index (χ1v) is 6.35. The lowest BCUT2D eigenvalue weighted by Gasteiger charge is -2.29. The van der Waals surface area contributed by atoms with Crippen LogP contribution in [0.3, 0.4) is 0 Å². The number of hydrogen-bond donors (Lipinski definition) is 0. The van der Waals surface area contributed by atoms with Crippen molar-refractivity contribution >= 4 is 17.5 Å². The number of aromatic nitrogens is 1. The van der Waals surface area contributed by atoms with Crippen LogP contribution in [0, 0.1) is 5.92 Å². The van der Waals surface area contributed by atoms with Crippen LogP contribution in [0.1, 0.15) is 31.4 Å². The number of carbonyl (C=O) groups excluding carboxylic acids is 1. The molecule has 1 aliphatic rings. The first kappa shape index (κ1) is 12.4. The number of hydrogen-bond acceptors (Lipinski definition) is 2.